The third kappa shape index (κ3) is 46.1. The number of ether oxygens (including phenoxy) is 3. The zero-order chi connectivity index (χ0) is 49.2. The third-order valence-corrected chi connectivity index (χ3v) is 10.2. The van der Waals surface area contributed by atoms with Gasteiger partial charge >= 0.3 is 11.9 Å². The maximum absolute atomic E-state index is 12.8. The lowest BCUT2D eigenvalue weighted by atomic mass is 10.1. The SMILES string of the molecule is CC/C=C/C/C=C/C/C=C/C/C=C/C/C=C/C/C=C/CCCCCC(=O)OC(COCCC(C(=O)[O-])[N+](C)(C)C)COC(=O)CCCC/C=C/C/C=C/C/C=C/C/C=C/C/C=C/C/C=C/CC. The van der Waals surface area contributed by atoms with Gasteiger partial charge in [-0.3, -0.25) is 9.59 Å². The Balaban J connectivity index is 4.46. The first-order chi connectivity index (χ1) is 32.6. The molecule has 0 aromatic rings. The topological polar surface area (TPSA) is 102 Å². The Bertz CT molecular complexity index is 1590. The van der Waals surface area contributed by atoms with Crippen molar-refractivity contribution in [3.63, 3.8) is 0 Å². The second kappa shape index (κ2) is 47.7. The van der Waals surface area contributed by atoms with Crippen molar-refractivity contribution in [2.75, 3.05) is 41.0 Å². The fourth-order valence-corrected chi connectivity index (χ4v) is 6.37. The minimum atomic E-state index is -1.14. The summed E-state index contributed by atoms with van der Waals surface area (Å²) in [5.41, 5.74) is 0. The number of carboxylic acids is 1. The van der Waals surface area contributed by atoms with Gasteiger partial charge in [0.05, 0.1) is 40.3 Å². The molecule has 0 heterocycles. The molecule has 0 aliphatic heterocycles. The molecule has 2 unspecified atom stereocenters. The number of carbonyl (C=O) groups excluding carboxylic acids is 3. The average molecular weight is 926 g/mol. The number of hydrogen-bond donors (Lipinski definition) is 0. The Morgan fingerprint density at radius 1 is 0.448 bits per heavy atom. The molecule has 0 saturated carbocycles. The highest BCUT2D eigenvalue weighted by Gasteiger charge is 2.25. The summed E-state index contributed by atoms with van der Waals surface area (Å²) >= 11 is 0. The summed E-state index contributed by atoms with van der Waals surface area (Å²) in [5.74, 6) is -1.86. The predicted octanol–water partition coefficient (Wildman–Crippen LogP) is 13.6. The summed E-state index contributed by atoms with van der Waals surface area (Å²) in [6.45, 7) is 4.32. The second-order valence-corrected chi connectivity index (χ2v) is 17.3. The predicted molar refractivity (Wildman–Crippen MR) is 281 cm³/mol. The fraction of sp³-hybridized carbons (Fsp3) is 0.542. The van der Waals surface area contributed by atoms with Gasteiger partial charge in [-0.1, -0.05) is 166 Å². The van der Waals surface area contributed by atoms with E-state index in [0.29, 0.717) is 12.8 Å². The van der Waals surface area contributed by atoms with Crippen LogP contribution in [0.15, 0.2) is 146 Å². The first kappa shape index (κ1) is 62.2. The van der Waals surface area contributed by atoms with Crippen LogP contribution in [0.5, 0.6) is 0 Å². The van der Waals surface area contributed by atoms with E-state index < -0.39 is 18.1 Å². The van der Waals surface area contributed by atoms with Gasteiger partial charge in [0.15, 0.2) is 6.10 Å². The summed E-state index contributed by atoms with van der Waals surface area (Å²) in [5, 5.41) is 11.7. The normalized spacial score (nSPS) is 14.1. The van der Waals surface area contributed by atoms with Crippen LogP contribution in [0.2, 0.25) is 0 Å². The second-order valence-electron chi connectivity index (χ2n) is 17.3. The largest absolute Gasteiger partial charge is 0.544 e. The van der Waals surface area contributed by atoms with Gasteiger partial charge in [0.2, 0.25) is 0 Å². The van der Waals surface area contributed by atoms with Crippen LogP contribution in [-0.2, 0) is 28.6 Å². The molecule has 0 aromatic carbocycles. The van der Waals surface area contributed by atoms with Gasteiger partial charge in [-0.15, -0.1) is 0 Å². The monoisotopic (exact) mass is 926 g/mol. The van der Waals surface area contributed by atoms with Gasteiger partial charge in [0.25, 0.3) is 0 Å². The molecule has 0 radical (unpaired) electrons. The molecule has 8 heteroatoms. The van der Waals surface area contributed by atoms with Gasteiger partial charge in [-0.2, -0.15) is 0 Å². The minimum Gasteiger partial charge on any atom is -0.544 e. The van der Waals surface area contributed by atoms with Crippen LogP contribution in [0, 0.1) is 0 Å². The molecule has 0 fully saturated rings. The average Bonchev–Trinajstić information content (AvgIpc) is 3.29. The lowest BCUT2D eigenvalue weighted by Crippen LogP contribution is -2.55. The lowest BCUT2D eigenvalue weighted by Gasteiger charge is -2.34. The molecule has 0 N–H and O–H groups in total. The van der Waals surface area contributed by atoms with Gasteiger partial charge in [0, 0.05) is 19.3 Å². The maximum Gasteiger partial charge on any atom is 0.306 e. The standard InChI is InChI=1S/C59H91NO7/c1-6-8-10-12-14-16-18-20-22-24-26-28-30-32-34-36-38-40-42-44-46-48-50-58(62)67-55(53-65-52-51-56(59(63)64)60(3,4)5)54-66-57(61)49-47-45-43-41-39-37-35-33-31-29-27-25-23-21-19-17-15-13-11-9-7-2/h8-11,14-17,20-23,26-29,32-35,38-41,55-56H,6-7,12-13,18-19,24-25,30-31,36-37,42-54H2,1-5H3/b10-8+,11-9+,16-14+,17-15+,22-20+,23-21+,28-26+,29-27+,34-32+,35-33+,40-38+,41-39+. The molecular weight excluding hydrogens is 835 g/mol. The minimum absolute atomic E-state index is 0.00129. The number of nitrogens with zero attached hydrogens (tertiary/aromatic N) is 1. The first-order valence-corrected chi connectivity index (χ1v) is 25.4. The van der Waals surface area contributed by atoms with Crippen molar-refractivity contribution in [2.24, 2.45) is 0 Å². The number of carbonyl (C=O) groups is 3. The van der Waals surface area contributed by atoms with Crippen LogP contribution in [0.3, 0.4) is 0 Å². The van der Waals surface area contributed by atoms with Gasteiger partial charge in [0.1, 0.15) is 12.6 Å². The molecule has 2 atom stereocenters. The van der Waals surface area contributed by atoms with E-state index in [0.717, 1.165) is 109 Å². The van der Waals surface area contributed by atoms with E-state index in [2.05, 4.69) is 160 Å². The molecule has 67 heavy (non-hydrogen) atoms. The number of unbranched alkanes of at least 4 members (excludes halogenated alkanes) is 5. The summed E-state index contributed by atoms with van der Waals surface area (Å²) in [6, 6.07) is -0.750. The van der Waals surface area contributed by atoms with Crippen LogP contribution in [-0.4, -0.2) is 75.5 Å². The quantitative estimate of drug-likeness (QED) is 0.0260. The molecule has 0 saturated heterocycles. The van der Waals surface area contributed by atoms with Crippen LogP contribution in [0.1, 0.15) is 155 Å². The van der Waals surface area contributed by atoms with Crippen molar-refractivity contribution < 1.29 is 38.2 Å². The maximum atomic E-state index is 12.8. The Labute approximate surface area is 408 Å². The van der Waals surface area contributed by atoms with Crippen molar-refractivity contribution in [2.45, 2.75) is 167 Å². The number of carboxylic acid groups (broad SMARTS) is 1. The molecule has 0 spiro atoms. The van der Waals surface area contributed by atoms with Gasteiger partial charge < -0.3 is 28.6 Å². The van der Waals surface area contributed by atoms with E-state index in [1.807, 2.05) is 0 Å². The van der Waals surface area contributed by atoms with E-state index in [4.69, 9.17) is 14.2 Å². The first-order valence-electron chi connectivity index (χ1n) is 25.4. The van der Waals surface area contributed by atoms with Crippen LogP contribution < -0.4 is 5.11 Å². The number of rotatable bonds is 43. The highest BCUT2D eigenvalue weighted by Crippen LogP contribution is 2.11. The molecular formula is C59H91NO7. The molecule has 374 valence electrons. The smallest absolute Gasteiger partial charge is 0.306 e. The summed E-state index contributed by atoms with van der Waals surface area (Å²) in [7, 11) is 5.37. The van der Waals surface area contributed by atoms with E-state index in [9.17, 15) is 19.5 Å². The van der Waals surface area contributed by atoms with E-state index in [1.54, 1.807) is 21.1 Å². The molecule has 0 bridgehead atoms. The highest BCUT2D eigenvalue weighted by atomic mass is 16.6. The van der Waals surface area contributed by atoms with Crippen LogP contribution in [0.25, 0.3) is 0 Å². The zero-order valence-electron chi connectivity index (χ0n) is 42.5. The Morgan fingerprint density at radius 2 is 0.791 bits per heavy atom. The van der Waals surface area contributed by atoms with Crippen molar-refractivity contribution in [3.05, 3.63) is 146 Å². The van der Waals surface area contributed by atoms with Crippen LogP contribution >= 0.6 is 0 Å². The van der Waals surface area contributed by atoms with E-state index in [1.165, 1.54) is 0 Å². The molecule has 0 aliphatic carbocycles. The Kier molecular flexibility index (Phi) is 44.3. The van der Waals surface area contributed by atoms with Crippen molar-refractivity contribution in [3.8, 4) is 0 Å². The van der Waals surface area contributed by atoms with Crippen molar-refractivity contribution >= 4 is 17.9 Å². The molecule has 0 aliphatic rings. The molecule has 0 amide bonds. The highest BCUT2D eigenvalue weighted by molar-refractivity contribution is 5.70. The fourth-order valence-electron chi connectivity index (χ4n) is 6.37. The number of esters is 2. The van der Waals surface area contributed by atoms with Crippen LogP contribution in [0.4, 0.5) is 0 Å². The number of likely N-dealkylation sites (N-methyl/N-ethyl adjacent to an activating group) is 1. The van der Waals surface area contributed by atoms with Crippen molar-refractivity contribution in [1.29, 1.82) is 0 Å². The van der Waals surface area contributed by atoms with E-state index >= 15 is 0 Å². The number of quaternary nitrogens is 1. The zero-order valence-corrected chi connectivity index (χ0v) is 42.5. The number of aliphatic carboxylic acids is 1. The summed E-state index contributed by atoms with van der Waals surface area (Å²) in [6.07, 6.45) is 70.2. The Hall–Kier alpha value is -4.79. The van der Waals surface area contributed by atoms with Crippen molar-refractivity contribution in [1.82, 2.24) is 0 Å². The third-order valence-electron chi connectivity index (χ3n) is 10.2. The number of allylic oxidation sites excluding steroid dienone is 24. The van der Waals surface area contributed by atoms with E-state index in [-0.39, 0.29) is 55.5 Å². The molecule has 0 aromatic heterocycles. The summed E-state index contributed by atoms with van der Waals surface area (Å²) in [4.78, 5) is 37.0. The molecule has 0 rings (SSSR count). The van der Waals surface area contributed by atoms with Gasteiger partial charge in [-0.05, 0) is 116 Å². The molecule has 8 nitrogen and oxygen atoms in total. The summed E-state index contributed by atoms with van der Waals surface area (Å²) < 4.78 is 17.1. The number of hydrogen-bond acceptors (Lipinski definition) is 7. The Morgan fingerprint density at radius 3 is 1.16 bits per heavy atom. The lowest BCUT2D eigenvalue weighted by molar-refractivity contribution is -0.889. The van der Waals surface area contributed by atoms with Gasteiger partial charge in [-0.25, -0.2) is 0 Å².